The van der Waals surface area contributed by atoms with Crippen molar-refractivity contribution in [3.63, 3.8) is 0 Å². The summed E-state index contributed by atoms with van der Waals surface area (Å²) >= 11 is 0. The van der Waals surface area contributed by atoms with E-state index in [1.165, 1.54) is 56.8 Å². The number of rotatable bonds is 7. The minimum absolute atomic E-state index is 0.0499. The number of benzene rings is 2. The van der Waals surface area contributed by atoms with Gasteiger partial charge >= 0.3 is 0 Å². The van der Waals surface area contributed by atoms with Crippen LogP contribution in [0.4, 0.5) is 4.39 Å². The largest absolute Gasteiger partial charge is 0.497 e. The molecule has 1 N–H and O–H groups in total. The Labute approximate surface area is 178 Å². The molecule has 0 saturated heterocycles. The highest BCUT2D eigenvalue weighted by molar-refractivity contribution is 7.89. The summed E-state index contributed by atoms with van der Waals surface area (Å²) in [5.41, 5.74) is 0.859. The molecule has 0 unspecified atom stereocenters. The maximum absolute atomic E-state index is 14.4. The zero-order valence-corrected chi connectivity index (χ0v) is 17.7. The van der Waals surface area contributed by atoms with Crippen molar-refractivity contribution in [2.75, 3.05) is 20.5 Å². The molecule has 0 atom stereocenters. The number of hydrogen-bond donors (Lipinski definition) is 1. The van der Waals surface area contributed by atoms with Gasteiger partial charge in [0, 0.05) is 29.0 Å². The van der Waals surface area contributed by atoms with E-state index in [0.29, 0.717) is 16.9 Å². The van der Waals surface area contributed by atoms with Crippen LogP contribution in [0.25, 0.3) is 11.1 Å². The SMILES string of the molecule is COc1ccc(Oc2ccc(C(=O)NS(C)(=O)=O)cc2-c2cccnc2OC)c(F)c1. The third kappa shape index (κ3) is 5.28. The Balaban J connectivity index is 2.11. The second-order valence-electron chi connectivity index (χ2n) is 6.37. The lowest BCUT2D eigenvalue weighted by atomic mass is 10.0. The summed E-state index contributed by atoms with van der Waals surface area (Å²) in [6, 6.07) is 11.7. The number of halogens is 1. The number of hydrogen-bond acceptors (Lipinski definition) is 7. The number of aromatic nitrogens is 1. The summed E-state index contributed by atoms with van der Waals surface area (Å²) in [6.07, 6.45) is 2.39. The number of nitrogens with one attached hydrogen (secondary N) is 1. The van der Waals surface area contributed by atoms with E-state index in [9.17, 15) is 17.6 Å². The maximum Gasteiger partial charge on any atom is 0.264 e. The standard InChI is InChI=1S/C21H19FN2O6S/c1-28-14-7-9-19(17(22)12-14)30-18-8-6-13(20(25)24-31(3,26)27)11-16(18)15-5-4-10-23-21(15)29-2/h4-12H,1-3H3,(H,24,25). The number of sulfonamides is 1. The predicted octanol–water partition coefficient (Wildman–Crippen LogP) is 3.39. The van der Waals surface area contributed by atoms with Crippen LogP contribution in [0.5, 0.6) is 23.1 Å². The number of nitrogens with zero attached hydrogens (tertiary/aromatic N) is 1. The Kier molecular flexibility index (Phi) is 6.40. The second-order valence-corrected chi connectivity index (χ2v) is 8.12. The van der Waals surface area contributed by atoms with Crippen molar-refractivity contribution in [3.8, 4) is 34.3 Å². The lowest BCUT2D eigenvalue weighted by Crippen LogP contribution is -2.29. The molecule has 8 nitrogen and oxygen atoms in total. The first-order valence-corrected chi connectivity index (χ1v) is 10.8. The molecule has 0 aliphatic rings. The van der Waals surface area contributed by atoms with E-state index < -0.39 is 21.7 Å². The molecular formula is C21H19FN2O6S. The van der Waals surface area contributed by atoms with Crippen molar-refractivity contribution >= 4 is 15.9 Å². The van der Waals surface area contributed by atoms with Crippen LogP contribution in [-0.4, -0.2) is 39.8 Å². The van der Waals surface area contributed by atoms with Crippen LogP contribution in [0.2, 0.25) is 0 Å². The van der Waals surface area contributed by atoms with Crippen LogP contribution in [0.15, 0.2) is 54.7 Å². The quantitative estimate of drug-likeness (QED) is 0.593. The molecule has 1 heterocycles. The number of ether oxygens (including phenoxy) is 3. The van der Waals surface area contributed by atoms with Gasteiger partial charge in [0.2, 0.25) is 15.9 Å². The number of carbonyl (C=O) groups excluding carboxylic acids is 1. The number of amides is 1. The van der Waals surface area contributed by atoms with Gasteiger partial charge in [-0.05, 0) is 42.5 Å². The van der Waals surface area contributed by atoms with E-state index in [1.807, 2.05) is 4.72 Å². The maximum atomic E-state index is 14.4. The molecule has 0 fully saturated rings. The average molecular weight is 446 g/mol. The van der Waals surface area contributed by atoms with Gasteiger partial charge in [0.25, 0.3) is 5.91 Å². The first-order chi connectivity index (χ1) is 14.7. The van der Waals surface area contributed by atoms with Gasteiger partial charge in [0.05, 0.1) is 20.5 Å². The summed E-state index contributed by atoms with van der Waals surface area (Å²) in [4.78, 5) is 16.5. The molecule has 162 valence electrons. The van der Waals surface area contributed by atoms with Crippen LogP contribution >= 0.6 is 0 Å². The Morgan fingerprint density at radius 3 is 2.39 bits per heavy atom. The molecule has 0 bridgehead atoms. The minimum Gasteiger partial charge on any atom is -0.497 e. The van der Waals surface area contributed by atoms with Gasteiger partial charge in [-0.25, -0.2) is 22.5 Å². The Bertz CT molecular complexity index is 1230. The summed E-state index contributed by atoms with van der Waals surface area (Å²) in [6.45, 7) is 0. The first kappa shape index (κ1) is 22.0. The third-order valence-electron chi connectivity index (χ3n) is 4.13. The van der Waals surface area contributed by atoms with Crippen molar-refractivity contribution < 1.29 is 31.8 Å². The van der Waals surface area contributed by atoms with Crippen LogP contribution in [0.3, 0.4) is 0 Å². The molecule has 0 radical (unpaired) electrons. The number of methoxy groups -OCH3 is 2. The van der Waals surface area contributed by atoms with Gasteiger partial charge in [0.15, 0.2) is 11.6 Å². The monoisotopic (exact) mass is 446 g/mol. The van der Waals surface area contributed by atoms with E-state index in [2.05, 4.69) is 4.98 Å². The predicted molar refractivity (Wildman–Crippen MR) is 112 cm³/mol. The summed E-state index contributed by atoms with van der Waals surface area (Å²) in [7, 11) is -0.917. The highest BCUT2D eigenvalue weighted by Gasteiger charge is 2.19. The molecule has 2 aromatic carbocycles. The Hall–Kier alpha value is -3.66. The second kappa shape index (κ2) is 9.00. The van der Waals surface area contributed by atoms with E-state index in [0.717, 1.165) is 6.26 Å². The molecular weight excluding hydrogens is 427 g/mol. The molecule has 0 spiro atoms. The highest BCUT2D eigenvalue weighted by Crippen LogP contribution is 2.39. The van der Waals surface area contributed by atoms with E-state index in [-0.39, 0.29) is 22.9 Å². The lowest BCUT2D eigenvalue weighted by molar-refractivity contribution is 0.0981. The molecule has 31 heavy (non-hydrogen) atoms. The average Bonchev–Trinajstić information content (AvgIpc) is 2.74. The fourth-order valence-electron chi connectivity index (χ4n) is 2.77. The molecule has 0 aliphatic heterocycles. The molecule has 1 aromatic heterocycles. The highest BCUT2D eigenvalue weighted by atomic mass is 32.2. The van der Waals surface area contributed by atoms with Crippen LogP contribution in [0, 0.1) is 5.82 Å². The fraction of sp³-hybridized carbons (Fsp3) is 0.143. The zero-order chi connectivity index (χ0) is 22.6. The van der Waals surface area contributed by atoms with Crippen molar-refractivity contribution in [2.24, 2.45) is 0 Å². The molecule has 3 aromatic rings. The van der Waals surface area contributed by atoms with Gasteiger partial charge in [-0.1, -0.05) is 0 Å². The fourth-order valence-corrected chi connectivity index (χ4v) is 3.22. The van der Waals surface area contributed by atoms with E-state index in [1.54, 1.807) is 12.1 Å². The molecule has 3 rings (SSSR count). The smallest absolute Gasteiger partial charge is 0.264 e. The molecule has 10 heteroatoms. The minimum atomic E-state index is -3.76. The summed E-state index contributed by atoms with van der Waals surface area (Å²) in [5, 5.41) is 0. The van der Waals surface area contributed by atoms with Crippen molar-refractivity contribution in [1.82, 2.24) is 9.71 Å². The number of carbonyl (C=O) groups is 1. The van der Waals surface area contributed by atoms with Crippen LogP contribution in [0.1, 0.15) is 10.4 Å². The topological polar surface area (TPSA) is 104 Å². The van der Waals surface area contributed by atoms with Gasteiger partial charge < -0.3 is 14.2 Å². The van der Waals surface area contributed by atoms with Gasteiger partial charge in [0.1, 0.15) is 11.5 Å². The van der Waals surface area contributed by atoms with Gasteiger partial charge in [-0.2, -0.15) is 0 Å². The first-order valence-electron chi connectivity index (χ1n) is 8.89. The van der Waals surface area contributed by atoms with Crippen molar-refractivity contribution in [2.45, 2.75) is 0 Å². The van der Waals surface area contributed by atoms with Crippen molar-refractivity contribution in [1.29, 1.82) is 0 Å². The van der Waals surface area contributed by atoms with Crippen molar-refractivity contribution in [3.05, 3.63) is 66.1 Å². The van der Waals surface area contributed by atoms with E-state index >= 15 is 0 Å². The summed E-state index contributed by atoms with van der Waals surface area (Å²) < 4.78 is 55.2. The third-order valence-corrected chi connectivity index (χ3v) is 4.69. The van der Waals surface area contributed by atoms with Crippen LogP contribution < -0.4 is 18.9 Å². The normalized spacial score (nSPS) is 11.0. The molecule has 0 aliphatic carbocycles. The Morgan fingerprint density at radius 2 is 1.74 bits per heavy atom. The Morgan fingerprint density at radius 1 is 1.00 bits per heavy atom. The van der Waals surface area contributed by atoms with Gasteiger partial charge in [-0.3, -0.25) is 4.79 Å². The number of pyridine rings is 1. The van der Waals surface area contributed by atoms with Gasteiger partial charge in [-0.15, -0.1) is 0 Å². The summed E-state index contributed by atoms with van der Waals surface area (Å²) in [5.74, 6) is -0.782. The van der Waals surface area contributed by atoms with Crippen LogP contribution in [-0.2, 0) is 10.0 Å². The molecule has 0 saturated carbocycles. The van der Waals surface area contributed by atoms with E-state index in [4.69, 9.17) is 14.2 Å². The zero-order valence-electron chi connectivity index (χ0n) is 16.9. The molecule has 1 amide bonds. The lowest BCUT2D eigenvalue weighted by Gasteiger charge is -2.15.